The number of nitrogens with zero attached hydrogens (tertiary/aromatic N) is 3. The van der Waals surface area contributed by atoms with Gasteiger partial charge in [-0.15, -0.1) is 0 Å². The summed E-state index contributed by atoms with van der Waals surface area (Å²) in [5.41, 5.74) is 3.41. The van der Waals surface area contributed by atoms with Crippen LogP contribution in [0.4, 0.5) is 4.79 Å². The number of carbonyl (C=O) groups is 2. The highest BCUT2D eigenvalue weighted by Gasteiger charge is 2.32. The van der Waals surface area contributed by atoms with Crippen LogP contribution in [0, 0.1) is 0 Å². The molecule has 1 saturated heterocycles. The molecule has 0 bridgehead atoms. The molecule has 44 heavy (non-hydrogen) atoms. The van der Waals surface area contributed by atoms with Crippen molar-refractivity contribution in [3.63, 3.8) is 0 Å². The Morgan fingerprint density at radius 2 is 1.89 bits per heavy atom. The molecule has 2 N–H and O–H groups in total. The van der Waals surface area contributed by atoms with Gasteiger partial charge >= 0.3 is 6.09 Å². The van der Waals surface area contributed by atoms with Gasteiger partial charge in [-0.1, -0.05) is 31.0 Å². The molecule has 5 rings (SSSR count). The number of rotatable bonds is 11. The van der Waals surface area contributed by atoms with Crippen LogP contribution in [0.2, 0.25) is 5.02 Å². The number of hydrogen-bond acceptors (Lipinski definition) is 7. The molecular formula is C34H45ClN4O5. The topological polar surface area (TPSA) is 96.3 Å². The number of hydrogen-bond donors (Lipinski definition) is 2. The summed E-state index contributed by atoms with van der Waals surface area (Å²) >= 11 is 6.82. The van der Waals surface area contributed by atoms with Gasteiger partial charge in [0.25, 0.3) is 5.91 Å². The van der Waals surface area contributed by atoms with Crippen LogP contribution in [-0.2, 0) is 17.8 Å². The molecule has 0 aliphatic carbocycles. The lowest BCUT2D eigenvalue weighted by molar-refractivity contribution is 0.0546. The van der Waals surface area contributed by atoms with Gasteiger partial charge in [-0.05, 0) is 89.5 Å². The first-order valence-electron chi connectivity index (χ1n) is 15.8. The summed E-state index contributed by atoms with van der Waals surface area (Å²) in [5, 5.41) is 13.5. The van der Waals surface area contributed by atoms with E-state index in [1.807, 2.05) is 32.9 Å². The number of likely N-dealkylation sites (tertiary alicyclic amines) is 1. The van der Waals surface area contributed by atoms with Crippen LogP contribution in [0.1, 0.15) is 74.9 Å². The van der Waals surface area contributed by atoms with Crippen molar-refractivity contribution < 1.29 is 24.2 Å². The van der Waals surface area contributed by atoms with Crippen molar-refractivity contribution >= 4 is 34.5 Å². The van der Waals surface area contributed by atoms with Crippen LogP contribution in [0.3, 0.4) is 0 Å². The van der Waals surface area contributed by atoms with Crippen molar-refractivity contribution in [2.75, 3.05) is 45.9 Å². The largest absolute Gasteiger partial charge is 0.492 e. The summed E-state index contributed by atoms with van der Waals surface area (Å²) in [4.78, 5) is 31.6. The molecule has 0 radical (unpaired) electrons. The number of benzene rings is 2. The highest BCUT2D eigenvalue weighted by molar-refractivity contribution is 6.34. The second-order valence-electron chi connectivity index (χ2n) is 12.7. The Morgan fingerprint density at radius 1 is 1.11 bits per heavy atom. The first kappa shape index (κ1) is 32.3. The van der Waals surface area contributed by atoms with E-state index in [4.69, 9.17) is 21.1 Å². The lowest BCUT2D eigenvalue weighted by Crippen LogP contribution is -2.29. The standard InChI is InChI=1S/C34H45ClN4O5/c1-5-37(15-16-40)14-9-17-43-29-20-25(30-26(31(29)35)21-36-32(30)41)28-19-24-18-23(22-38-12-7-6-8-13-38)10-11-27(24)39(28)33(42)44-34(2,3)4/h10-11,18-20,40H,5-9,12-17,21-22H2,1-4H3,(H,36,41). The van der Waals surface area contributed by atoms with Crippen molar-refractivity contribution in [3.05, 3.63) is 52.0 Å². The Labute approximate surface area is 265 Å². The fourth-order valence-electron chi connectivity index (χ4n) is 6.16. The van der Waals surface area contributed by atoms with Crippen molar-refractivity contribution in [1.29, 1.82) is 0 Å². The molecule has 2 aliphatic heterocycles. The van der Waals surface area contributed by atoms with Gasteiger partial charge < -0.3 is 24.8 Å². The number of aliphatic hydroxyl groups is 1. The van der Waals surface area contributed by atoms with E-state index in [-0.39, 0.29) is 19.1 Å². The fourth-order valence-corrected chi connectivity index (χ4v) is 6.43. The van der Waals surface area contributed by atoms with E-state index < -0.39 is 11.7 Å². The third-order valence-electron chi connectivity index (χ3n) is 8.29. The number of piperidine rings is 1. The Bertz CT molecular complexity index is 1510. The smallest absolute Gasteiger partial charge is 0.419 e. The predicted molar refractivity (Wildman–Crippen MR) is 174 cm³/mol. The molecule has 238 valence electrons. The predicted octanol–water partition coefficient (Wildman–Crippen LogP) is 6.06. The van der Waals surface area contributed by atoms with Gasteiger partial charge in [-0.3, -0.25) is 9.69 Å². The minimum Gasteiger partial charge on any atom is -0.492 e. The maximum atomic E-state index is 13.8. The number of aromatic nitrogens is 1. The minimum atomic E-state index is -0.713. The molecule has 9 nitrogen and oxygen atoms in total. The number of carbonyl (C=O) groups excluding carboxylic acids is 2. The third-order valence-corrected chi connectivity index (χ3v) is 8.71. The van der Waals surface area contributed by atoms with Gasteiger partial charge in [0.2, 0.25) is 0 Å². The first-order chi connectivity index (χ1) is 21.1. The van der Waals surface area contributed by atoms with Crippen LogP contribution < -0.4 is 10.1 Å². The molecule has 1 aromatic heterocycles. The summed E-state index contributed by atoms with van der Waals surface area (Å²) in [6.45, 7) is 13.7. The summed E-state index contributed by atoms with van der Waals surface area (Å²) in [5.74, 6) is 0.228. The zero-order valence-corrected chi connectivity index (χ0v) is 27.1. The van der Waals surface area contributed by atoms with Gasteiger partial charge in [0.15, 0.2) is 0 Å². The zero-order valence-electron chi connectivity index (χ0n) is 26.4. The van der Waals surface area contributed by atoms with Crippen molar-refractivity contribution in [1.82, 2.24) is 19.7 Å². The summed E-state index contributed by atoms with van der Waals surface area (Å²) < 4.78 is 13.6. The van der Waals surface area contributed by atoms with Gasteiger partial charge in [-0.2, -0.15) is 0 Å². The van der Waals surface area contributed by atoms with Gasteiger partial charge in [-0.25, -0.2) is 9.36 Å². The van der Waals surface area contributed by atoms with E-state index >= 15 is 0 Å². The summed E-state index contributed by atoms with van der Waals surface area (Å²) in [7, 11) is 0. The van der Waals surface area contributed by atoms with Crippen LogP contribution in [0.5, 0.6) is 5.75 Å². The van der Waals surface area contributed by atoms with Crippen LogP contribution >= 0.6 is 11.6 Å². The Morgan fingerprint density at radius 3 is 2.59 bits per heavy atom. The second kappa shape index (κ2) is 13.9. The summed E-state index contributed by atoms with van der Waals surface area (Å²) in [6, 6.07) is 9.92. The molecule has 3 aromatic rings. The maximum Gasteiger partial charge on any atom is 0.419 e. The van der Waals surface area contributed by atoms with E-state index in [0.29, 0.717) is 51.8 Å². The molecule has 0 unspecified atom stereocenters. The maximum absolute atomic E-state index is 13.8. The molecule has 1 fully saturated rings. The van der Waals surface area contributed by atoms with Gasteiger partial charge in [0.05, 0.1) is 35.0 Å². The van der Waals surface area contributed by atoms with E-state index in [2.05, 4.69) is 34.2 Å². The second-order valence-corrected chi connectivity index (χ2v) is 13.1. The molecule has 0 atom stereocenters. The molecule has 1 amide bonds. The molecule has 10 heteroatoms. The lowest BCUT2D eigenvalue weighted by Gasteiger charge is -2.26. The van der Waals surface area contributed by atoms with E-state index in [9.17, 15) is 14.7 Å². The zero-order chi connectivity index (χ0) is 31.4. The molecular weight excluding hydrogens is 580 g/mol. The average molecular weight is 625 g/mol. The number of halogens is 1. The third kappa shape index (κ3) is 7.23. The van der Waals surface area contributed by atoms with Crippen LogP contribution in [-0.4, -0.2) is 83.0 Å². The Balaban J connectivity index is 1.55. The normalized spacial score (nSPS) is 15.6. The van der Waals surface area contributed by atoms with Crippen LogP contribution in [0.25, 0.3) is 22.2 Å². The first-order valence-corrected chi connectivity index (χ1v) is 16.2. The quantitative estimate of drug-likeness (QED) is 0.251. The highest BCUT2D eigenvalue weighted by atomic mass is 35.5. The number of ether oxygens (including phenoxy) is 2. The van der Waals surface area contributed by atoms with E-state index in [0.717, 1.165) is 44.5 Å². The monoisotopic (exact) mass is 624 g/mol. The number of amides is 1. The number of likely N-dealkylation sites (N-methyl/N-ethyl adjacent to an activating group) is 1. The minimum absolute atomic E-state index is 0.112. The van der Waals surface area contributed by atoms with Crippen molar-refractivity contribution in [2.45, 2.75) is 72.1 Å². The molecule has 3 heterocycles. The number of nitrogens with one attached hydrogen (secondary N) is 1. The molecule has 0 spiro atoms. The number of fused-ring (bicyclic) bond motifs is 2. The fraction of sp³-hybridized carbons (Fsp3) is 0.529. The van der Waals surface area contributed by atoms with Gasteiger partial charge in [0, 0.05) is 42.7 Å². The van der Waals surface area contributed by atoms with Crippen molar-refractivity contribution in [3.8, 4) is 17.0 Å². The highest BCUT2D eigenvalue weighted by Crippen LogP contribution is 2.42. The van der Waals surface area contributed by atoms with Crippen molar-refractivity contribution in [2.24, 2.45) is 0 Å². The molecule has 2 aromatic carbocycles. The average Bonchev–Trinajstić information content (AvgIpc) is 3.56. The summed E-state index contributed by atoms with van der Waals surface area (Å²) in [6.07, 6.45) is 3.94. The van der Waals surface area contributed by atoms with E-state index in [1.54, 1.807) is 10.6 Å². The van der Waals surface area contributed by atoms with Crippen LogP contribution in [0.15, 0.2) is 30.3 Å². The lowest BCUT2D eigenvalue weighted by atomic mass is 9.99. The Kier molecular flexibility index (Phi) is 10.2. The SMILES string of the molecule is CCN(CCO)CCCOc1cc(-c2cc3cc(CN4CCCCC4)ccc3n2C(=O)OC(C)(C)C)c2c(c1Cl)CNC2=O. The number of aliphatic hydroxyl groups excluding tert-OH is 1. The van der Waals surface area contributed by atoms with E-state index in [1.165, 1.54) is 24.8 Å². The molecule has 2 aliphatic rings. The Hall–Kier alpha value is -3.11. The van der Waals surface area contributed by atoms with Gasteiger partial charge in [0.1, 0.15) is 11.4 Å². The molecule has 0 saturated carbocycles.